The van der Waals surface area contributed by atoms with Gasteiger partial charge in [-0.05, 0) is 43.4 Å². The van der Waals surface area contributed by atoms with Crippen molar-refractivity contribution in [2.24, 2.45) is 17.8 Å². The van der Waals surface area contributed by atoms with E-state index in [1.807, 2.05) is 43.3 Å². The van der Waals surface area contributed by atoms with E-state index in [0.29, 0.717) is 37.9 Å². The fraction of sp³-hybridized carbons (Fsp3) is 0.633. The Labute approximate surface area is 230 Å². The number of amides is 3. The molecule has 2 bridgehead atoms. The fourth-order valence-electron chi connectivity index (χ4n) is 7.32. The average molecular weight is 537 g/mol. The Kier molecular flexibility index (Phi) is 7.24. The first kappa shape index (κ1) is 26.5. The number of fused-ring (bicyclic) bond motifs is 1. The van der Waals surface area contributed by atoms with Gasteiger partial charge < -0.3 is 25.0 Å². The zero-order valence-corrected chi connectivity index (χ0v) is 22.9. The van der Waals surface area contributed by atoms with E-state index >= 15 is 0 Å². The molecule has 1 saturated carbocycles. The van der Waals surface area contributed by atoms with Crippen LogP contribution >= 0.6 is 0 Å². The molecule has 0 unspecified atom stereocenters. The lowest BCUT2D eigenvalue weighted by atomic mass is 9.74. The van der Waals surface area contributed by atoms with E-state index < -0.39 is 29.6 Å². The van der Waals surface area contributed by atoms with Gasteiger partial charge in [0.15, 0.2) is 0 Å². The summed E-state index contributed by atoms with van der Waals surface area (Å²) in [6.07, 6.45) is 7.53. The Morgan fingerprint density at radius 1 is 1.10 bits per heavy atom. The first-order valence-corrected chi connectivity index (χ1v) is 14.5. The standard InChI is InChI=1S/C30H40N4O5/c1-19-6-5-8-21(18-19)31-27(35)24-23-10-11-30(39-23)25(24)29(37)34(13-12-33-14-16-38-17-15-33)26(30)28(36)32-22-9-4-3-7-20(22)2/h5-6,8,10-11,18,20,22-26H,3-4,7,9,12-17H2,1-2H3,(H,31,35)(H,32,36)/t20-,22-,23+,24-,25+,26+,30+/m1/s1. The summed E-state index contributed by atoms with van der Waals surface area (Å²) < 4.78 is 12.0. The number of nitrogens with one attached hydrogen (secondary N) is 2. The van der Waals surface area contributed by atoms with Gasteiger partial charge in [0.25, 0.3) is 0 Å². The van der Waals surface area contributed by atoms with Crippen molar-refractivity contribution in [1.29, 1.82) is 0 Å². The lowest BCUT2D eigenvalue weighted by Crippen LogP contribution is -2.58. The quantitative estimate of drug-likeness (QED) is 0.518. The molecular formula is C30H40N4O5. The highest BCUT2D eigenvalue weighted by Crippen LogP contribution is 2.55. The molecule has 1 aliphatic carbocycles. The molecule has 1 aromatic carbocycles. The van der Waals surface area contributed by atoms with Crippen molar-refractivity contribution in [2.75, 3.05) is 44.7 Å². The topological polar surface area (TPSA) is 100 Å². The largest absolute Gasteiger partial charge is 0.379 e. The molecule has 4 fully saturated rings. The van der Waals surface area contributed by atoms with Gasteiger partial charge in [-0.25, -0.2) is 0 Å². The smallest absolute Gasteiger partial charge is 0.246 e. The van der Waals surface area contributed by atoms with E-state index in [-0.39, 0.29) is 23.8 Å². The van der Waals surface area contributed by atoms with Crippen molar-refractivity contribution >= 4 is 23.4 Å². The summed E-state index contributed by atoms with van der Waals surface area (Å²) in [6, 6.07) is 6.90. The fourth-order valence-corrected chi connectivity index (χ4v) is 7.32. The van der Waals surface area contributed by atoms with Gasteiger partial charge in [-0.2, -0.15) is 0 Å². The van der Waals surface area contributed by atoms with Gasteiger partial charge >= 0.3 is 0 Å². The number of anilines is 1. The molecule has 0 aromatic heterocycles. The van der Waals surface area contributed by atoms with E-state index in [9.17, 15) is 14.4 Å². The Morgan fingerprint density at radius 3 is 2.67 bits per heavy atom. The van der Waals surface area contributed by atoms with Crippen LogP contribution in [0.5, 0.6) is 0 Å². The Bertz CT molecular complexity index is 1150. The number of rotatable bonds is 7. The number of nitrogens with zero attached hydrogens (tertiary/aromatic N) is 2. The third-order valence-corrected chi connectivity index (χ3v) is 9.41. The highest BCUT2D eigenvalue weighted by molar-refractivity contribution is 6.02. The zero-order valence-electron chi connectivity index (χ0n) is 22.9. The molecule has 4 aliphatic heterocycles. The molecular weight excluding hydrogens is 496 g/mol. The monoisotopic (exact) mass is 536 g/mol. The molecule has 210 valence electrons. The SMILES string of the molecule is Cc1cccc(NC(=O)[C@@H]2[C@@H]3C=C[C@]4(O3)[C@@H]2C(=O)N(CCN2CCOCC2)[C@H]4C(=O)N[C@@H]2CCCC[C@H]2C)c1. The van der Waals surface area contributed by atoms with Crippen LogP contribution in [0.1, 0.15) is 38.2 Å². The summed E-state index contributed by atoms with van der Waals surface area (Å²) in [5.74, 6) is -1.63. The van der Waals surface area contributed by atoms with Gasteiger partial charge in [0.1, 0.15) is 11.6 Å². The normalized spacial score (nSPS) is 35.7. The Balaban J connectivity index is 1.27. The summed E-state index contributed by atoms with van der Waals surface area (Å²) in [5.41, 5.74) is 0.591. The van der Waals surface area contributed by atoms with Crippen molar-refractivity contribution in [3.8, 4) is 0 Å². The average Bonchev–Trinajstić information content (AvgIpc) is 3.56. The highest BCUT2D eigenvalue weighted by Gasteiger charge is 2.72. The van der Waals surface area contributed by atoms with Crippen molar-refractivity contribution < 1.29 is 23.9 Å². The molecule has 39 heavy (non-hydrogen) atoms. The van der Waals surface area contributed by atoms with Gasteiger partial charge in [0.05, 0.1) is 31.2 Å². The Morgan fingerprint density at radius 2 is 1.90 bits per heavy atom. The van der Waals surface area contributed by atoms with Crippen LogP contribution in [0.25, 0.3) is 0 Å². The molecule has 2 N–H and O–H groups in total. The van der Waals surface area contributed by atoms with Gasteiger partial charge in [-0.1, -0.05) is 44.1 Å². The number of aryl methyl sites for hydroxylation is 1. The van der Waals surface area contributed by atoms with E-state index in [4.69, 9.17) is 9.47 Å². The maximum Gasteiger partial charge on any atom is 0.246 e. The number of hydrogen-bond donors (Lipinski definition) is 2. The summed E-state index contributed by atoms with van der Waals surface area (Å²) >= 11 is 0. The second-order valence-electron chi connectivity index (χ2n) is 11.9. The highest BCUT2D eigenvalue weighted by atomic mass is 16.5. The number of ether oxygens (including phenoxy) is 2. The molecule has 9 nitrogen and oxygen atoms in total. The molecule has 4 heterocycles. The maximum absolute atomic E-state index is 14.1. The lowest BCUT2D eigenvalue weighted by molar-refractivity contribution is -0.142. The van der Waals surface area contributed by atoms with Crippen LogP contribution < -0.4 is 10.6 Å². The molecule has 5 aliphatic rings. The van der Waals surface area contributed by atoms with E-state index in [2.05, 4.69) is 22.5 Å². The number of likely N-dealkylation sites (tertiary alicyclic amines) is 1. The van der Waals surface area contributed by atoms with E-state index in [0.717, 1.165) is 37.9 Å². The van der Waals surface area contributed by atoms with Gasteiger partial charge in [0, 0.05) is 37.9 Å². The van der Waals surface area contributed by atoms with E-state index in [1.54, 1.807) is 4.90 Å². The first-order chi connectivity index (χ1) is 18.9. The first-order valence-electron chi connectivity index (χ1n) is 14.5. The molecule has 3 amide bonds. The molecule has 6 rings (SSSR count). The number of benzene rings is 1. The maximum atomic E-state index is 14.1. The Hall–Kier alpha value is -2.75. The minimum Gasteiger partial charge on any atom is -0.379 e. The molecule has 0 radical (unpaired) electrons. The third-order valence-electron chi connectivity index (χ3n) is 9.41. The van der Waals surface area contributed by atoms with Crippen LogP contribution in [0.3, 0.4) is 0 Å². The molecule has 7 atom stereocenters. The van der Waals surface area contributed by atoms with Crippen molar-refractivity contribution in [1.82, 2.24) is 15.1 Å². The van der Waals surface area contributed by atoms with Crippen LogP contribution in [-0.4, -0.2) is 90.7 Å². The zero-order chi connectivity index (χ0) is 27.1. The predicted octanol–water partition coefficient (Wildman–Crippen LogP) is 2.11. The number of morpholine rings is 1. The minimum absolute atomic E-state index is 0.0842. The van der Waals surface area contributed by atoms with Crippen molar-refractivity contribution in [2.45, 2.75) is 63.3 Å². The van der Waals surface area contributed by atoms with Gasteiger partial charge in [0.2, 0.25) is 17.7 Å². The van der Waals surface area contributed by atoms with Gasteiger partial charge in [-0.3, -0.25) is 19.3 Å². The van der Waals surface area contributed by atoms with Crippen molar-refractivity contribution in [3.63, 3.8) is 0 Å². The van der Waals surface area contributed by atoms with Crippen molar-refractivity contribution in [3.05, 3.63) is 42.0 Å². The summed E-state index contributed by atoms with van der Waals surface area (Å²) in [5, 5.41) is 6.31. The number of carbonyl (C=O) groups is 3. The van der Waals surface area contributed by atoms with Crippen LogP contribution in [0.4, 0.5) is 5.69 Å². The predicted molar refractivity (Wildman–Crippen MR) is 146 cm³/mol. The molecule has 9 heteroatoms. The van der Waals surface area contributed by atoms with Crippen LogP contribution in [0.2, 0.25) is 0 Å². The molecule has 1 aromatic rings. The van der Waals surface area contributed by atoms with Crippen LogP contribution in [-0.2, 0) is 23.9 Å². The summed E-state index contributed by atoms with van der Waals surface area (Å²) in [6.45, 7) is 8.14. The number of carbonyl (C=O) groups excluding carboxylic acids is 3. The summed E-state index contributed by atoms with van der Waals surface area (Å²) in [7, 11) is 0. The number of hydrogen-bond acceptors (Lipinski definition) is 6. The minimum atomic E-state index is -1.14. The van der Waals surface area contributed by atoms with E-state index in [1.165, 1.54) is 6.42 Å². The molecule has 3 saturated heterocycles. The van der Waals surface area contributed by atoms with Crippen LogP contribution in [0, 0.1) is 24.7 Å². The lowest BCUT2D eigenvalue weighted by Gasteiger charge is -2.36. The second-order valence-corrected chi connectivity index (χ2v) is 11.9. The van der Waals surface area contributed by atoms with Crippen LogP contribution in [0.15, 0.2) is 36.4 Å². The molecule has 1 spiro atoms. The second kappa shape index (κ2) is 10.7. The summed E-state index contributed by atoms with van der Waals surface area (Å²) in [4.78, 5) is 45.8. The third kappa shape index (κ3) is 4.78. The van der Waals surface area contributed by atoms with Gasteiger partial charge in [-0.15, -0.1) is 0 Å².